The number of hydrogen-bond acceptors (Lipinski definition) is 2. The zero-order chi connectivity index (χ0) is 11.8. The second-order valence-corrected chi connectivity index (χ2v) is 6.09. The van der Waals surface area contributed by atoms with E-state index in [0.29, 0.717) is 17.9 Å². The van der Waals surface area contributed by atoms with Crippen molar-refractivity contribution in [2.45, 2.75) is 45.1 Å². The predicted octanol–water partition coefficient (Wildman–Crippen LogP) is 1.63. The average Bonchev–Trinajstić information content (AvgIpc) is 2.81. The second-order valence-electron chi connectivity index (χ2n) is 6.09. The van der Waals surface area contributed by atoms with Crippen molar-refractivity contribution in [1.82, 2.24) is 10.2 Å². The van der Waals surface area contributed by atoms with Gasteiger partial charge in [-0.1, -0.05) is 6.92 Å². The second kappa shape index (κ2) is 4.60. The fourth-order valence-electron chi connectivity index (χ4n) is 3.83. The van der Waals surface area contributed by atoms with Crippen molar-refractivity contribution in [2.24, 2.45) is 17.8 Å². The third kappa shape index (κ3) is 2.35. The van der Waals surface area contributed by atoms with Crippen LogP contribution in [-0.2, 0) is 4.79 Å². The molecule has 96 valence electrons. The zero-order valence-corrected chi connectivity index (χ0v) is 10.8. The molecule has 0 aromatic carbocycles. The van der Waals surface area contributed by atoms with E-state index < -0.39 is 0 Å². The highest BCUT2D eigenvalue weighted by Gasteiger charge is 2.47. The van der Waals surface area contributed by atoms with Crippen molar-refractivity contribution < 1.29 is 4.79 Å². The lowest BCUT2D eigenvalue weighted by molar-refractivity contribution is -0.125. The molecule has 3 atom stereocenters. The SMILES string of the molecule is CCN1CCCC1CNC(=O)C1CC2CC2C1. The molecule has 3 unspecified atom stereocenters. The number of rotatable bonds is 4. The highest BCUT2D eigenvalue weighted by Crippen LogP contribution is 2.54. The number of likely N-dealkylation sites (N-methyl/N-ethyl adjacent to an activating group) is 1. The standard InChI is InChI=1S/C14H24N2O/c1-2-16-5-3-4-13(16)9-15-14(17)12-7-10-6-11(10)8-12/h10-13H,2-9H2,1H3,(H,15,17). The maximum Gasteiger partial charge on any atom is 0.223 e. The molecule has 3 aliphatic rings. The molecule has 2 saturated carbocycles. The first-order chi connectivity index (χ1) is 8.28. The molecule has 1 aliphatic heterocycles. The molecular formula is C14H24N2O. The van der Waals surface area contributed by atoms with Crippen LogP contribution in [0.4, 0.5) is 0 Å². The molecule has 1 amide bonds. The van der Waals surface area contributed by atoms with E-state index in [2.05, 4.69) is 17.1 Å². The van der Waals surface area contributed by atoms with Crippen molar-refractivity contribution in [3.63, 3.8) is 0 Å². The van der Waals surface area contributed by atoms with Gasteiger partial charge in [0.25, 0.3) is 0 Å². The van der Waals surface area contributed by atoms with Crippen LogP contribution < -0.4 is 5.32 Å². The fourth-order valence-corrected chi connectivity index (χ4v) is 3.83. The monoisotopic (exact) mass is 236 g/mol. The zero-order valence-electron chi connectivity index (χ0n) is 10.8. The Balaban J connectivity index is 1.42. The molecule has 2 aliphatic carbocycles. The molecule has 17 heavy (non-hydrogen) atoms. The van der Waals surface area contributed by atoms with E-state index in [1.165, 1.54) is 38.6 Å². The van der Waals surface area contributed by atoms with Crippen LogP contribution in [-0.4, -0.2) is 36.5 Å². The summed E-state index contributed by atoms with van der Waals surface area (Å²) < 4.78 is 0. The van der Waals surface area contributed by atoms with Crippen LogP contribution in [0.2, 0.25) is 0 Å². The van der Waals surface area contributed by atoms with E-state index >= 15 is 0 Å². The number of nitrogens with one attached hydrogen (secondary N) is 1. The topological polar surface area (TPSA) is 32.3 Å². The third-order valence-corrected chi connectivity index (χ3v) is 5.03. The minimum absolute atomic E-state index is 0.333. The van der Waals surface area contributed by atoms with Crippen molar-refractivity contribution >= 4 is 5.91 Å². The number of nitrogens with zero attached hydrogens (tertiary/aromatic N) is 1. The Hall–Kier alpha value is -0.570. The molecule has 3 heteroatoms. The summed E-state index contributed by atoms with van der Waals surface area (Å²) in [5.74, 6) is 2.49. The van der Waals surface area contributed by atoms with Crippen LogP contribution >= 0.6 is 0 Å². The number of carbonyl (C=O) groups is 1. The Labute approximate surface area is 104 Å². The average molecular weight is 236 g/mol. The third-order valence-electron chi connectivity index (χ3n) is 5.03. The van der Waals surface area contributed by atoms with Gasteiger partial charge in [-0.05, 0) is 57.0 Å². The van der Waals surface area contributed by atoms with Crippen molar-refractivity contribution in [1.29, 1.82) is 0 Å². The normalized spacial score (nSPS) is 40.3. The van der Waals surface area contributed by atoms with Crippen molar-refractivity contribution in [2.75, 3.05) is 19.6 Å². The number of amides is 1. The summed E-state index contributed by atoms with van der Waals surface area (Å²) in [6.45, 7) is 5.42. The first-order valence-electron chi connectivity index (χ1n) is 7.29. The maximum atomic E-state index is 12.0. The summed E-state index contributed by atoms with van der Waals surface area (Å²) >= 11 is 0. The first-order valence-corrected chi connectivity index (χ1v) is 7.29. The highest BCUT2D eigenvalue weighted by molar-refractivity contribution is 5.79. The lowest BCUT2D eigenvalue weighted by Crippen LogP contribution is -2.41. The highest BCUT2D eigenvalue weighted by atomic mass is 16.1. The van der Waals surface area contributed by atoms with E-state index in [1.807, 2.05) is 0 Å². The summed E-state index contributed by atoms with van der Waals surface area (Å²) in [4.78, 5) is 14.5. The van der Waals surface area contributed by atoms with Gasteiger partial charge in [-0.2, -0.15) is 0 Å². The Morgan fingerprint density at radius 2 is 2.06 bits per heavy atom. The molecule has 0 aromatic heterocycles. The summed E-state index contributed by atoms with van der Waals surface area (Å²) in [6, 6.07) is 0.597. The molecule has 1 N–H and O–H groups in total. The predicted molar refractivity (Wildman–Crippen MR) is 67.6 cm³/mol. The van der Waals surface area contributed by atoms with Crippen molar-refractivity contribution in [3.8, 4) is 0 Å². The smallest absolute Gasteiger partial charge is 0.223 e. The number of likely N-dealkylation sites (tertiary alicyclic amines) is 1. The maximum absolute atomic E-state index is 12.0. The number of carbonyl (C=O) groups excluding carboxylic acids is 1. The van der Waals surface area contributed by atoms with Gasteiger partial charge in [-0.15, -0.1) is 0 Å². The van der Waals surface area contributed by atoms with E-state index in [4.69, 9.17) is 0 Å². The molecule has 0 bridgehead atoms. The van der Waals surface area contributed by atoms with Gasteiger partial charge in [-0.3, -0.25) is 9.69 Å². The molecule has 0 radical (unpaired) electrons. The summed E-state index contributed by atoms with van der Waals surface area (Å²) in [5.41, 5.74) is 0. The van der Waals surface area contributed by atoms with Crippen LogP contribution in [0.3, 0.4) is 0 Å². The summed E-state index contributed by atoms with van der Waals surface area (Å²) in [6.07, 6.45) is 6.28. The van der Waals surface area contributed by atoms with Crippen LogP contribution in [0.25, 0.3) is 0 Å². The molecule has 3 rings (SSSR count). The van der Waals surface area contributed by atoms with Crippen molar-refractivity contribution in [3.05, 3.63) is 0 Å². The van der Waals surface area contributed by atoms with Gasteiger partial charge < -0.3 is 5.32 Å². The largest absolute Gasteiger partial charge is 0.354 e. The summed E-state index contributed by atoms with van der Waals surface area (Å²) in [7, 11) is 0. The van der Waals surface area contributed by atoms with E-state index in [9.17, 15) is 4.79 Å². The molecule has 0 spiro atoms. The minimum Gasteiger partial charge on any atom is -0.354 e. The lowest BCUT2D eigenvalue weighted by atomic mass is 10.0. The van der Waals surface area contributed by atoms with Crippen LogP contribution in [0.5, 0.6) is 0 Å². The molecular weight excluding hydrogens is 212 g/mol. The van der Waals surface area contributed by atoms with Gasteiger partial charge >= 0.3 is 0 Å². The molecule has 1 heterocycles. The Bertz CT molecular complexity index is 295. The first kappa shape index (κ1) is 11.5. The van der Waals surface area contributed by atoms with E-state index in [0.717, 1.165) is 24.9 Å². The minimum atomic E-state index is 0.333. The Morgan fingerprint density at radius 3 is 2.76 bits per heavy atom. The van der Waals surface area contributed by atoms with Gasteiger partial charge in [0.05, 0.1) is 0 Å². The van der Waals surface area contributed by atoms with Gasteiger partial charge in [-0.25, -0.2) is 0 Å². The number of hydrogen-bond donors (Lipinski definition) is 1. The number of fused-ring (bicyclic) bond motifs is 1. The van der Waals surface area contributed by atoms with Gasteiger partial charge in [0, 0.05) is 18.5 Å². The van der Waals surface area contributed by atoms with Gasteiger partial charge in [0.2, 0.25) is 5.91 Å². The molecule has 0 aromatic rings. The molecule has 3 fully saturated rings. The van der Waals surface area contributed by atoms with E-state index in [-0.39, 0.29) is 0 Å². The Kier molecular flexibility index (Phi) is 3.12. The van der Waals surface area contributed by atoms with Gasteiger partial charge in [0.1, 0.15) is 0 Å². The van der Waals surface area contributed by atoms with Crippen LogP contribution in [0, 0.1) is 17.8 Å². The van der Waals surface area contributed by atoms with E-state index in [1.54, 1.807) is 0 Å². The molecule has 3 nitrogen and oxygen atoms in total. The van der Waals surface area contributed by atoms with Crippen LogP contribution in [0.1, 0.15) is 39.0 Å². The summed E-state index contributed by atoms with van der Waals surface area (Å²) in [5, 5.41) is 3.19. The van der Waals surface area contributed by atoms with Gasteiger partial charge in [0.15, 0.2) is 0 Å². The molecule has 1 saturated heterocycles. The quantitative estimate of drug-likeness (QED) is 0.804. The Morgan fingerprint density at radius 1 is 1.29 bits per heavy atom. The van der Waals surface area contributed by atoms with Crippen LogP contribution in [0.15, 0.2) is 0 Å². The lowest BCUT2D eigenvalue weighted by Gasteiger charge is -2.23. The fraction of sp³-hybridized carbons (Fsp3) is 0.929.